The number of carbonyl (C=O) groups is 1. The molecule has 0 amide bonds. The van der Waals surface area contributed by atoms with Crippen molar-refractivity contribution in [2.75, 3.05) is 12.4 Å². The lowest BCUT2D eigenvalue weighted by Crippen LogP contribution is -2.31. The SMILES string of the molecule is C=CCC.COC(=O)C(CC(C)C)Nc1sc(CC/C=C(\C)Cl)cc1C#N. The number of methoxy groups -OCH3 is 1. The van der Waals surface area contributed by atoms with E-state index in [9.17, 15) is 10.1 Å². The third kappa shape index (κ3) is 10.8. The summed E-state index contributed by atoms with van der Waals surface area (Å²) in [5.41, 5.74) is 0.564. The summed E-state index contributed by atoms with van der Waals surface area (Å²) in [6, 6.07) is 3.61. The van der Waals surface area contributed by atoms with Gasteiger partial charge in [-0.1, -0.05) is 44.5 Å². The predicted molar refractivity (Wildman–Crippen MR) is 116 cm³/mol. The molecule has 150 valence electrons. The summed E-state index contributed by atoms with van der Waals surface area (Å²) in [6.45, 7) is 11.5. The Morgan fingerprint density at radius 2 is 2.15 bits per heavy atom. The molecular weight excluding hydrogens is 380 g/mol. The van der Waals surface area contributed by atoms with Gasteiger partial charge in [0, 0.05) is 9.91 Å². The third-order valence-corrected chi connectivity index (χ3v) is 4.79. The maximum Gasteiger partial charge on any atom is 0.328 e. The van der Waals surface area contributed by atoms with Crippen LogP contribution in [0.5, 0.6) is 0 Å². The zero-order valence-electron chi connectivity index (χ0n) is 17.0. The van der Waals surface area contributed by atoms with Gasteiger partial charge in [-0.15, -0.1) is 17.9 Å². The lowest BCUT2D eigenvalue weighted by molar-refractivity contribution is -0.141. The summed E-state index contributed by atoms with van der Waals surface area (Å²) in [5.74, 6) is 0.0339. The number of rotatable bonds is 9. The summed E-state index contributed by atoms with van der Waals surface area (Å²) >= 11 is 7.33. The Hall–Kier alpha value is -1.77. The Balaban J connectivity index is 0.00000153. The molecule has 1 rings (SSSR count). The van der Waals surface area contributed by atoms with Gasteiger partial charge in [0.15, 0.2) is 0 Å². The van der Waals surface area contributed by atoms with Gasteiger partial charge >= 0.3 is 5.97 Å². The Kier molecular flexibility index (Phi) is 13.4. The molecule has 0 spiro atoms. The van der Waals surface area contributed by atoms with Gasteiger partial charge in [-0.3, -0.25) is 0 Å². The fourth-order valence-corrected chi connectivity index (χ4v) is 3.34. The Morgan fingerprint density at radius 1 is 1.52 bits per heavy atom. The van der Waals surface area contributed by atoms with Crippen molar-refractivity contribution < 1.29 is 9.53 Å². The summed E-state index contributed by atoms with van der Waals surface area (Å²) < 4.78 is 4.85. The van der Waals surface area contributed by atoms with E-state index >= 15 is 0 Å². The van der Waals surface area contributed by atoms with Crippen molar-refractivity contribution in [1.29, 1.82) is 5.26 Å². The van der Waals surface area contributed by atoms with Crippen LogP contribution in [0.4, 0.5) is 5.00 Å². The van der Waals surface area contributed by atoms with Crippen LogP contribution in [0.3, 0.4) is 0 Å². The minimum atomic E-state index is -0.441. The number of ether oxygens (including phenoxy) is 1. The van der Waals surface area contributed by atoms with E-state index in [0.717, 1.165) is 34.2 Å². The largest absolute Gasteiger partial charge is 0.467 e. The van der Waals surface area contributed by atoms with E-state index in [1.54, 1.807) is 0 Å². The van der Waals surface area contributed by atoms with Crippen molar-refractivity contribution in [3.05, 3.63) is 40.3 Å². The number of hydrogen-bond acceptors (Lipinski definition) is 5. The quantitative estimate of drug-likeness (QED) is 0.384. The predicted octanol–water partition coefficient (Wildman–Crippen LogP) is 6.28. The molecule has 0 saturated heterocycles. The fraction of sp³-hybridized carbons (Fsp3) is 0.524. The molecule has 0 aliphatic heterocycles. The van der Waals surface area contributed by atoms with E-state index < -0.39 is 6.04 Å². The standard InChI is InChI=1S/C17H23ClN2O2S.C4H8/c1-11(2)8-15(17(21)22-4)20-16-13(10-19)9-14(23-16)7-5-6-12(3)18;1-3-4-2/h6,9,11,15,20H,5,7-8H2,1-4H3;3H,1,4H2,2H3/b12-6+;. The molecule has 1 N–H and O–H groups in total. The van der Waals surface area contributed by atoms with Crippen molar-refractivity contribution in [3.8, 4) is 6.07 Å². The molecule has 0 aromatic carbocycles. The minimum Gasteiger partial charge on any atom is -0.467 e. The second kappa shape index (κ2) is 14.3. The highest BCUT2D eigenvalue weighted by Crippen LogP contribution is 2.30. The van der Waals surface area contributed by atoms with Crippen molar-refractivity contribution in [1.82, 2.24) is 0 Å². The molecule has 0 fully saturated rings. The number of aryl methyl sites for hydroxylation is 1. The first-order chi connectivity index (χ1) is 12.8. The van der Waals surface area contributed by atoms with Crippen molar-refractivity contribution in [2.24, 2.45) is 5.92 Å². The first kappa shape index (κ1) is 25.2. The summed E-state index contributed by atoms with van der Waals surface area (Å²) in [7, 11) is 1.38. The number of nitrogens with zero attached hydrogens (tertiary/aromatic N) is 1. The number of esters is 1. The Bertz CT molecular complexity index is 656. The first-order valence-corrected chi connectivity index (χ1v) is 10.3. The molecule has 6 heteroatoms. The molecule has 0 aliphatic rings. The Labute approximate surface area is 172 Å². The highest BCUT2D eigenvalue weighted by Gasteiger charge is 2.22. The van der Waals surface area contributed by atoms with Gasteiger partial charge in [0.25, 0.3) is 0 Å². The Morgan fingerprint density at radius 3 is 2.59 bits per heavy atom. The molecular formula is C21H31ClN2O2S. The molecule has 1 unspecified atom stereocenters. The van der Waals surface area contributed by atoms with Crippen LogP contribution in [0.1, 0.15) is 57.4 Å². The first-order valence-electron chi connectivity index (χ1n) is 9.09. The summed E-state index contributed by atoms with van der Waals surface area (Å²) in [6.07, 6.45) is 7.21. The normalized spacial score (nSPS) is 11.9. The number of allylic oxidation sites excluding steroid dienone is 3. The smallest absolute Gasteiger partial charge is 0.328 e. The average molecular weight is 411 g/mol. The van der Waals surface area contributed by atoms with E-state index in [1.165, 1.54) is 18.4 Å². The van der Waals surface area contributed by atoms with E-state index in [2.05, 4.69) is 24.9 Å². The van der Waals surface area contributed by atoms with Crippen LogP contribution >= 0.6 is 22.9 Å². The number of halogens is 1. The van der Waals surface area contributed by atoms with Crippen LogP contribution in [0.2, 0.25) is 0 Å². The maximum atomic E-state index is 11.9. The average Bonchev–Trinajstić information content (AvgIpc) is 3.01. The fourth-order valence-electron chi connectivity index (χ4n) is 2.15. The van der Waals surface area contributed by atoms with Gasteiger partial charge in [0.05, 0.1) is 12.7 Å². The number of thiophene rings is 1. The van der Waals surface area contributed by atoms with Crippen molar-refractivity contribution in [2.45, 2.75) is 59.4 Å². The lowest BCUT2D eigenvalue weighted by Gasteiger charge is -2.18. The molecule has 1 aromatic rings. The van der Waals surface area contributed by atoms with Crippen LogP contribution in [0.15, 0.2) is 29.8 Å². The molecule has 1 heterocycles. The van der Waals surface area contributed by atoms with Gasteiger partial charge in [0.2, 0.25) is 0 Å². The molecule has 1 aromatic heterocycles. The lowest BCUT2D eigenvalue weighted by atomic mass is 10.0. The molecule has 0 bridgehead atoms. The topological polar surface area (TPSA) is 62.1 Å². The van der Waals surface area contributed by atoms with Crippen LogP contribution in [0, 0.1) is 17.2 Å². The summed E-state index contributed by atoms with van der Waals surface area (Å²) in [5, 5.41) is 14.0. The van der Waals surface area contributed by atoms with Gasteiger partial charge in [-0.2, -0.15) is 5.26 Å². The van der Waals surface area contributed by atoms with Crippen LogP contribution < -0.4 is 5.32 Å². The van der Waals surface area contributed by atoms with E-state index in [1.807, 2.05) is 39.0 Å². The summed E-state index contributed by atoms with van der Waals surface area (Å²) in [4.78, 5) is 13.0. The van der Waals surface area contributed by atoms with E-state index in [0.29, 0.717) is 17.9 Å². The highest BCUT2D eigenvalue weighted by atomic mass is 35.5. The molecule has 27 heavy (non-hydrogen) atoms. The minimum absolute atomic E-state index is 0.307. The second-order valence-corrected chi connectivity index (χ2v) is 8.18. The number of hydrogen-bond donors (Lipinski definition) is 1. The van der Waals surface area contributed by atoms with Gasteiger partial charge in [-0.25, -0.2) is 4.79 Å². The zero-order chi connectivity index (χ0) is 20.8. The maximum absolute atomic E-state index is 11.9. The molecule has 0 aliphatic carbocycles. The third-order valence-electron chi connectivity index (χ3n) is 3.51. The van der Waals surface area contributed by atoms with Crippen LogP contribution in [-0.4, -0.2) is 19.1 Å². The number of carbonyl (C=O) groups excluding carboxylic acids is 1. The van der Waals surface area contributed by atoms with Gasteiger partial charge < -0.3 is 10.1 Å². The van der Waals surface area contributed by atoms with E-state index in [4.69, 9.17) is 16.3 Å². The van der Waals surface area contributed by atoms with Gasteiger partial charge in [0.1, 0.15) is 17.1 Å². The monoisotopic (exact) mass is 410 g/mol. The second-order valence-electron chi connectivity index (χ2n) is 6.44. The number of anilines is 1. The van der Waals surface area contributed by atoms with Crippen LogP contribution in [0.25, 0.3) is 0 Å². The van der Waals surface area contributed by atoms with Crippen molar-refractivity contribution >= 4 is 33.9 Å². The van der Waals surface area contributed by atoms with Crippen molar-refractivity contribution in [3.63, 3.8) is 0 Å². The van der Waals surface area contributed by atoms with Crippen LogP contribution in [-0.2, 0) is 16.0 Å². The zero-order valence-corrected chi connectivity index (χ0v) is 18.5. The van der Waals surface area contributed by atoms with Gasteiger partial charge in [-0.05, 0) is 44.6 Å². The molecule has 4 nitrogen and oxygen atoms in total. The van der Waals surface area contributed by atoms with E-state index in [-0.39, 0.29) is 5.97 Å². The number of nitriles is 1. The number of nitrogens with one attached hydrogen (secondary N) is 1. The molecule has 1 atom stereocenters. The molecule has 0 saturated carbocycles. The highest BCUT2D eigenvalue weighted by molar-refractivity contribution is 7.16. The molecule has 0 radical (unpaired) electrons.